The molecule has 192 valence electrons. The second-order valence-electron chi connectivity index (χ2n) is 9.86. The van der Waals surface area contributed by atoms with Crippen molar-refractivity contribution in [2.24, 2.45) is 5.92 Å². The molecule has 0 bridgehead atoms. The molecular formula is C29H37N3O4. The van der Waals surface area contributed by atoms with Crippen LogP contribution < -0.4 is 10.1 Å². The van der Waals surface area contributed by atoms with Crippen molar-refractivity contribution in [3.63, 3.8) is 0 Å². The van der Waals surface area contributed by atoms with E-state index >= 15 is 0 Å². The quantitative estimate of drug-likeness (QED) is 0.579. The highest BCUT2D eigenvalue weighted by Gasteiger charge is 2.28. The summed E-state index contributed by atoms with van der Waals surface area (Å²) in [6.07, 6.45) is 7.58. The van der Waals surface area contributed by atoms with Gasteiger partial charge in [-0.15, -0.1) is 0 Å². The van der Waals surface area contributed by atoms with Crippen molar-refractivity contribution in [1.29, 1.82) is 0 Å². The molecule has 2 fully saturated rings. The van der Waals surface area contributed by atoms with Crippen molar-refractivity contribution in [2.45, 2.75) is 57.4 Å². The summed E-state index contributed by atoms with van der Waals surface area (Å²) in [5, 5.41) is 2.97. The predicted octanol–water partition coefficient (Wildman–Crippen LogP) is 4.74. The summed E-state index contributed by atoms with van der Waals surface area (Å²) in [5.74, 6) is 0.434. The van der Waals surface area contributed by atoms with Gasteiger partial charge in [-0.1, -0.05) is 37.5 Å². The van der Waals surface area contributed by atoms with Crippen LogP contribution in [0, 0.1) is 5.92 Å². The fourth-order valence-electron chi connectivity index (χ4n) is 5.13. The minimum absolute atomic E-state index is 0.00776. The third-order valence-electron chi connectivity index (χ3n) is 7.31. The molecule has 1 heterocycles. The maximum absolute atomic E-state index is 12.9. The number of ether oxygens (including phenoxy) is 1. The Morgan fingerprint density at radius 2 is 1.67 bits per heavy atom. The molecule has 1 N–H and O–H groups in total. The predicted molar refractivity (Wildman–Crippen MR) is 140 cm³/mol. The van der Waals surface area contributed by atoms with Crippen LogP contribution in [0.1, 0.15) is 61.7 Å². The van der Waals surface area contributed by atoms with Gasteiger partial charge in [0.1, 0.15) is 5.75 Å². The summed E-state index contributed by atoms with van der Waals surface area (Å²) in [4.78, 5) is 42.1. The standard InChI is InChI=1S/C29H37N3O4/c1-31(25-10-4-2-5-11-25)29(35)22-14-16-24(17-15-22)30-28(34)23-9-8-19-32(21-23)27(33)18-20-36-26-12-6-3-7-13-26/h3,6-7,12-17,23,25H,2,4-5,8-11,18-21H2,1H3,(H,30,34). The van der Waals surface area contributed by atoms with Gasteiger partial charge in [0, 0.05) is 37.4 Å². The number of nitrogens with one attached hydrogen (secondary N) is 1. The molecule has 1 unspecified atom stereocenters. The molecule has 2 aromatic carbocycles. The van der Waals surface area contributed by atoms with Crippen molar-refractivity contribution in [3.05, 3.63) is 60.2 Å². The van der Waals surface area contributed by atoms with Gasteiger partial charge in [-0.05, 0) is 62.1 Å². The number of benzene rings is 2. The van der Waals surface area contributed by atoms with Gasteiger partial charge in [0.25, 0.3) is 5.91 Å². The number of nitrogens with zero attached hydrogens (tertiary/aromatic N) is 2. The maximum atomic E-state index is 12.9. The number of hydrogen-bond donors (Lipinski definition) is 1. The topological polar surface area (TPSA) is 79.0 Å². The van der Waals surface area contributed by atoms with Crippen LogP contribution in [-0.2, 0) is 9.59 Å². The van der Waals surface area contributed by atoms with E-state index in [0.717, 1.165) is 31.4 Å². The summed E-state index contributed by atoms with van der Waals surface area (Å²) in [5.41, 5.74) is 1.30. The van der Waals surface area contributed by atoms with Crippen molar-refractivity contribution in [3.8, 4) is 5.75 Å². The summed E-state index contributed by atoms with van der Waals surface area (Å²) in [6, 6.07) is 16.9. The SMILES string of the molecule is CN(C(=O)c1ccc(NC(=O)C2CCCN(C(=O)CCOc3ccccc3)C2)cc1)C1CCCCC1. The molecule has 0 radical (unpaired) electrons. The number of likely N-dealkylation sites (tertiary alicyclic amines) is 1. The van der Waals surface area contributed by atoms with Gasteiger partial charge in [0.15, 0.2) is 0 Å². The Bertz CT molecular complexity index is 1020. The second kappa shape index (κ2) is 12.6. The molecule has 0 spiro atoms. The van der Waals surface area contributed by atoms with Gasteiger partial charge >= 0.3 is 0 Å². The first-order valence-corrected chi connectivity index (χ1v) is 13.1. The molecule has 1 atom stereocenters. The molecule has 1 aliphatic carbocycles. The van der Waals surface area contributed by atoms with Crippen LogP contribution in [0.5, 0.6) is 5.75 Å². The molecule has 7 heteroatoms. The number of para-hydroxylation sites is 1. The minimum atomic E-state index is -0.253. The number of carbonyl (C=O) groups excluding carboxylic acids is 3. The molecule has 7 nitrogen and oxygen atoms in total. The van der Waals surface area contributed by atoms with Gasteiger partial charge < -0.3 is 19.9 Å². The van der Waals surface area contributed by atoms with Crippen LogP contribution in [0.25, 0.3) is 0 Å². The van der Waals surface area contributed by atoms with Crippen LogP contribution in [-0.4, -0.2) is 60.3 Å². The normalized spacial score (nSPS) is 18.4. The minimum Gasteiger partial charge on any atom is -0.493 e. The van der Waals surface area contributed by atoms with E-state index in [0.29, 0.717) is 37.0 Å². The summed E-state index contributed by atoms with van der Waals surface area (Å²) in [6.45, 7) is 1.40. The zero-order valence-corrected chi connectivity index (χ0v) is 21.2. The number of amides is 3. The van der Waals surface area contributed by atoms with E-state index in [-0.39, 0.29) is 30.1 Å². The number of carbonyl (C=O) groups is 3. The van der Waals surface area contributed by atoms with Gasteiger partial charge in [0.2, 0.25) is 11.8 Å². The maximum Gasteiger partial charge on any atom is 0.253 e. The lowest BCUT2D eigenvalue weighted by Crippen LogP contribution is -2.44. The Kier molecular flexibility index (Phi) is 8.98. The Hall–Kier alpha value is -3.35. The molecule has 1 saturated carbocycles. The first-order chi connectivity index (χ1) is 17.5. The first-order valence-electron chi connectivity index (χ1n) is 13.1. The lowest BCUT2D eigenvalue weighted by Gasteiger charge is -2.32. The molecule has 36 heavy (non-hydrogen) atoms. The zero-order valence-electron chi connectivity index (χ0n) is 21.2. The summed E-state index contributed by atoms with van der Waals surface area (Å²) in [7, 11) is 1.89. The molecule has 2 aliphatic rings. The van der Waals surface area contributed by atoms with Crippen LogP contribution in [0.15, 0.2) is 54.6 Å². The van der Waals surface area contributed by atoms with E-state index in [1.54, 1.807) is 29.2 Å². The number of hydrogen-bond acceptors (Lipinski definition) is 4. The second-order valence-corrected chi connectivity index (χ2v) is 9.86. The van der Waals surface area contributed by atoms with E-state index in [2.05, 4.69) is 5.32 Å². The van der Waals surface area contributed by atoms with Crippen molar-refractivity contribution in [2.75, 3.05) is 32.1 Å². The number of piperidine rings is 1. The van der Waals surface area contributed by atoms with Crippen LogP contribution in [0.4, 0.5) is 5.69 Å². The fraction of sp³-hybridized carbons (Fsp3) is 0.483. The molecule has 4 rings (SSSR count). The van der Waals surface area contributed by atoms with Gasteiger partial charge in [-0.3, -0.25) is 14.4 Å². The Morgan fingerprint density at radius 1 is 0.944 bits per heavy atom. The van der Waals surface area contributed by atoms with Crippen molar-refractivity contribution >= 4 is 23.4 Å². The van der Waals surface area contributed by atoms with Crippen LogP contribution in [0.2, 0.25) is 0 Å². The summed E-state index contributed by atoms with van der Waals surface area (Å²) >= 11 is 0. The van der Waals surface area contributed by atoms with Crippen LogP contribution >= 0.6 is 0 Å². The molecule has 1 aliphatic heterocycles. The van der Waals surface area contributed by atoms with E-state index in [4.69, 9.17) is 4.74 Å². The third-order valence-corrected chi connectivity index (χ3v) is 7.31. The van der Waals surface area contributed by atoms with E-state index in [1.807, 2.05) is 42.3 Å². The molecular weight excluding hydrogens is 454 g/mol. The average molecular weight is 492 g/mol. The Morgan fingerprint density at radius 3 is 2.39 bits per heavy atom. The zero-order chi connectivity index (χ0) is 25.3. The third kappa shape index (κ3) is 6.86. The molecule has 1 saturated heterocycles. The lowest BCUT2D eigenvalue weighted by atomic mass is 9.94. The fourth-order valence-corrected chi connectivity index (χ4v) is 5.13. The average Bonchev–Trinajstić information content (AvgIpc) is 2.93. The highest BCUT2D eigenvalue weighted by molar-refractivity contribution is 5.96. The van der Waals surface area contributed by atoms with Gasteiger partial charge in [0.05, 0.1) is 18.9 Å². The van der Waals surface area contributed by atoms with Crippen molar-refractivity contribution < 1.29 is 19.1 Å². The highest BCUT2D eigenvalue weighted by atomic mass is 16.5. The largest absolute Gasteiger partial charge is 0.493 e. The monoisotopic (exact) mass is 491 g/mol. The van der Waals surface area contributed by atoms with Crippen molar-refractivity contribution in [1.82, 2.24) is 9.80 Å². The van der Waals surface area contributed by atoms with Gasteiger partial charge in [-0.25, -0.2) is 0 Å². The number of rotatable bonds is 8. The summed E-state index contributed by atoms with van der Waals surface area (Å²) < 4.78 is 5.64. The lowest BCUT2D eigenvalue weighted by molar-refractivity contribution is -0.135. The van der Waals surface area contributed by atoms with Gasteiger partial charge in [-0.2, -0.15) is 0 Å². The molecule has 2 aromatic rings. The smallest absolute Gasteiger partial charge is 0.253 e. The highest BCUT2D eigenvalue weighted by Crippen LogP contribution is 2.24. The molecule has 0 aromatic heterocycles. The van der Waals surface area contributed by atoms with E-state index < -0.39 is 0 Å². The molecule has 3 amide bonds. The van der Waals surface area contributed by atoms with Crippen LogP contribution in [0.3, 0.4) is 0 Å². The van der Waals surface area contributed by atoms with E-state index in [9.17, 15) is 14.4 Å². The first kappa shape index (κ1) is 25.7. The van der Waals surface area contributed by atoms with E-state index in [1.165, 1.54) is 19.3 Å². The Balaban J connectivity index is 1.25. The number of anilines is 1. The Labute approximate surface area is 213 Å².